The van der Waals surface area contributed by atoms with Crippen LogP contribution in [0.3, 0.4) is 0 Å². The third-order valence-corrected chi connectivity index (χ3v) is 3.45. The number of amides is 1. The molecule has 1 fully saturated rings. The fourth-order valence-corrected chi connectivity index (χ4v) is 2.13. The number of rotatable bonds is 6. The van der Waals surface area contributed by atoms with Crippen LogP contribution < -0.4 is 10.1 Å². The van der Waals surface area contributed by atoms with Gasteiger partial charge in [-0.15, -0.1) is 0 Å². The number of nitrogens with zero attached hydrogens (tertiary/aromatic N) is 1. The average Bonchev–Trinajstić information content (AvgIpc) is 3.24. The number of anilines is 1. The third-order valence-electron chi connectivity index (χ3n) is 3.45. The first-order valence-corrected chi connectivity index (χ1v) is 6.55. The Morgan fingerprint density at radius 1 is 1.53 bits per heavy atom. The molecule has 1 aromatic rings. The van der Waals surface area contributed by atoms with Crippen LogP contribution in [0, 0.1) is 5.92 Å². The van der Waals surface area contributed by atoms with E-state index in [4.69, 9.17) is 9.47 Å². The molecule has 1 unspecified atom stereocenters. The van der Waals surface area contributed by atoms with Crippen LogP contribution in [0.4, 0.5) is 5.69 Å². The fourth-order valence-electron chi connectivity index (χ4n) is 2.13. The van der Waals surface area contributed by atoms with E-state index in [2.05, 4.69) is 10.3 Å². The average molecular weight is 264 g/mol. The Morgan fingerprint density at radius 2 is 2.26 bits per heavy atom. The highest BCUT2D eigenvalue weighted by Crippen LogP contribution is 2.42. The van der Waals surface area contributed by atoms with Crippen molar-refractivity contribution in [3.8, 4) is 5.88 Å². The van der Waals surface area contributed by atoms with E-state index < -0.39 is 5.60 Å². The zero-order valence-electron chi connectivity index (χ0n) is 11.6. The molecule has 1 aliphatic carbocycles. The van der Waals surface area contributed by atoms with Crippen LogP contribution >= 0.6 is 0 Å². The quantitative estimate of drug-likeness (QED) is 0.856. The van der Waals surface area contributed by atoms with Gasteiger partial charge in [-0.2, -0.15) is 0 Å². The largest absolute Gasteiger partial charge is 0.481 e. The zero-order valence-corrected chi connectivity index (χ0v) is 11.6. The highest BCUT2D eigenvalue weighted by atomic mass is 16.5. The molecule has 1 N–H and O–H groups in total. The summed E-state index contributed by atoms with van der Waals surface area (Å²) >= 11 is 0. The van der Waals surface area contributed by atoms with E-state index >= 15 is 0 Å². The van der Waals surface area contributed by atoms with Crippen LogP contribution in [0.2, 0.25) is 0 Å². The monoisotopic (exact) mass is 264 g/mol. The second-order valence-corrected chi connectivity index (χ2v) is 4.86. The molecule has 104 valence electrons. The van der Waals surface area contributed by atoms with Gasteiger partial charge in [0.25, 0.3) is 5.91 Å². The molecule has 1 aromatic heterocycles. The van der Waals surface area contributed by atoms with Crippen LogP contribution in [0.15, 0.2) is 18.3 Å². The number of pyridine rings is 1. The van der Waals surface area contributed by atoms with Gasteiger partial charge < -0.3 is 14.8 Å². The number of hydrogen-bond acceptors (Lipinski definition) is 4. The standard InChI is InChI=1S/C14H20N2O3/c1-4-19-14(2,10-5-6-10)13(17)16-11-7-8-12(18-3)15-9-11/h7-10H,4-6H2,1-3H3,(H,16,17). The minimum Gasteiger partial charge on any atom is -0.481 e. The number of carbonyl (C=O) groups is 1. The topological polar surface area (TPSA) is 60.5 Å². The number of aromatic nitrogens is 1. The van der Waals surface area contributed by atoms with E-state index in [1.807, 2.05) is 13.8 Å². The third kappa shape index (κ3) is 3.04. The smallest absolute Gasteiger partial charge is 0.256 e. The van der Waals surface area contributed by atoms with Gasteiger partial charge in [-0.05, 0) is 38.7 Å². The summed E-state index contributed by atoms with van der Waals surface area (Å²) < 4.78 is 10.7. The Kier molecular flexibility index (Phi) is 4.04. The molecule has 0 bridgehead atoms. The van der Waals surface area contributed by atoms with Gasteiger partial charge in [-0.25, -0.2) is 4.98 Å². The highest BCUT2D eigenvalue weighted by Gasteiger charge is 2.48. The van der Waals surface area contributed by atoms with Gasteiger partial charge in [0, 0.05) is 12.7 Å². The Morgan fingerprint density at radius 3 is 2.74 bits per heavy atom. The Balaban J connectivity index is 2.05. The van der Waals surface area contributed by atoms with E-state index in [1.165, 1.54) is 0 Å². The maximum absolute atomic E-state index is 12.4. The van der Waals surface area contributed by atoms with Crippen molar-refractivity contribution >= 4 is 11.6 Å². The second-order valence-electron chi connectivity index (χ2n) is 4.86. The summed E-state index contributed by atoms with van der Waals surface area (Å²) in [7, 11) is 1.56. The lowest BCUT2D eigenvalue weighted by atomic mass is 9.99. The Hall–Kier alpha value is -1.62. The van der Waals surface area contributed by atoms with Crippen LogP contribution in [-0.4, -0.2) is 30.2 Å². The molecule has 0 spiro atoms. The molecule has 1 heterocycles. The SMILES string of the molecule is CCOC(C)(C(=O)Nc1ccc(OC)nc1)C1CC1. The minimum atomic E-state index is -0.741. The molecule has 0 saturated heterocycles. The van der Waals surface area contributed by atoms with Crippen LogP contribution in [0.1, 0.15) is 26.7 Å². The van der Waals surface area contributed by atoms with Crippen LogP contribution in [0.25, 0.3) is 0 Å². The van der Waals surface area contributed by atoms with E-state index in [0.717, 1.165) is 12.8 Å². The van der Waals surface area contributed by atoms with E-state index in [1.54, 1.807) is 25.4 Å². The number of nitrogens with one attached hydrogen (secondary N) is 1. The zero-order chi connectivity index (χ0) is 13.9. The van der Waals surface area contributed by atoms with E-state index in [0.29, 0.717) is 24.1 Å². The predicted molar refractivity (Wildman–Crippen MR) is 72.2 cm³/mol. The summed E-state index contributed by atoms with van der Waals surface area (Å²) in [5.74, 6) is 0.732. The maximum atomic E-state index is 12.4. The summed E-state index contributed by atoms with van der Waals surface area (Å²) in [6.45, 7) is 4.30. The van der Waals surface area contributed by atoms with Gasteiger partial charge >= 0.3 is 0 Å². The molecular formula is C14H20N2O3. The lowest BCUT2D eigenvalue weighted by Crippen LogP contribution is -2.44. The summed E-state index contributed by atoms with van der Waals surface area (Å²) in [4.78, 5) is 16.4. The summed E-state index contributed by atoms with van der Waals surface area (Å²) in [5, 5.41) is 2.86. The first-order chi connectivity index (χ1) is 9.10. The molecule has 5 heteroatoms. The van der Waals surface area contributed by atoms with Crippen molar-refractivity contribution in [2.45, 2.75) is 32.3 Å². The molecule has 0 aliphatic heterocycles. The van der Waals surface area contributed by atoms with Crippen molar-refractivity contribution in [3.63, 3.8) is 0 Å². The number of ether oxygens (including phenoxy) is 2. The maximum Gasteiger partial charge on any atom is 0.256 e. The Labute approximate surface area is 113 Å². The van der Waals surface area contributed by atoms with Crippen molar-refractivity contribution in [2.24, 2.45) is 5.92 Å². The lowest BCUT2D eigenvalue weighted by Gasteiger charge is -2.28. The Bertz CT molecular complexity index is 443. The molecular weight excluding hydrogens is 244 g/mol. The molecule has 1 amide bonds. The van der Waals surface area contributed by atoms with Gasteiger partial charge in [0.2, 0.25) is 5.88 Å². The first kappa shape index (κ1) is 13.8. The molecule has 1 atom stereocenters. The first-order valence-electron chi connectivity index (χ1n) is 6.55. The molecule has 2 rings (SSSR count). The fraction of sp³-hybridized carbons (Fsp3) is 0.571. The lowest BCUT2D eigenvalue weighted by molar-refractivity contribution is -0.141. The summed E-state index contributed by atoms with van der Waals surface area (Å²) in [6.07, 6.45) is 3.67. The number of hydrogen-bond donors (Lipinski definition) is 1. The number of carbonyl (C=O) groups excluding carboxylic acids is 1. The van der Waals surface area contributed by atoms with Gasteiger partial charge in [0.15, 0.2) is 0 Å². The van der Waals surface area contributed by atoms with Crippen LogP contribution in [0.5, 0.6) is 5.88 Å². The molecule has 1 aliphatic rings. The molecule has 0 aromatic carbocycles. The summed E-state index contributed by atoms with van der Waals surface area (Å²) in [6, 6.07) is 3.48. The predicted octanol–water partition coefficient (Wildman–Crippen LogP) is 2.23. The van der Waals surface area contributed by atoms with Gasteiger partial charge in [0.1, 0.15) is 5.60 Å². The molecule has 1 saturated carbocycles. The van der Waals surface area contributed by atoms with Crippen molar-refractivity contribution in [1.82, 2.24) is 4.98 Å². The van der Waals surface area contributed by atoms with E-state index in [9.17, 15) is 4.79 Å². The molecule has 19 heavy (non-hydrogen) atoms. The summed E-state index contributed by atoms with van der Waals surface area (Å²) in [5.41, 5.74) is -0.0910. The van der Waals surface area contributed by atoms with Gasteiger partial charge in [0.05, 0.1) is 19.0 Å². The molecule has 5 nitrogen and oxygen atoms in total. The normalized spacial score (nSPS) is 17.6. The molecule has 0 radical (unpaired) electrons. The number of methoxy groups -OCH3 is 1. The van der Waals surface area contributed by atoms with Crippen molar-refractivity contribution in [2.75, 3.05) is 19.0 Å². The second kappa shape index (κ2) is 5.57. The van der Waals surface area contributed by atoms with Crippen molar-refractivity contribution < 1.29 is 14.3 Å². The van der Waals surface area contributed by atoms with Crippen LogP contribution in [-0.2, 0) is 9.53 Å². The van der Waals surface area contributed by atoms with Crippen molar-refractivity contribution in [3.05, 3.63) is 18.3 Å². The highest BCUT2D eigenvalue weighted by molar-refractivity contribution is 5.97. The van der Waals surface area contributed by atoms with E-state index in [-0.39, 0.29) is 5.91 Å². The van der Waals surface area contributed by atoms with Gasteiger partial charge in [-0.1, -0.05) is 0 Å². The minimum absolute atomic E-state index is 0.108. The van der Waals surface area contributed by atoms with Crippen molar-refractivity contribution in [1.29, 1.82) is 0 Å². The van der Waals surface area contributed by atoms with Gasteiger partial charge in [-0.3, -0.25) is 4.79 Å².